The molecule has 61 heavy (non-hydrogen) atoms. The molecule has 0 atom stereocenters. The Kier molecular flexibility index (Phi) is 12.3. The third-order valence-corrected chi connectivity index (χ3v) is 13.8. The molecule has 0 saturated carbocycles. The molecule has 16 nitrogen and oxygen atoms in total. The number of anilines is 5. The fraction of sp³-hybridized carbons (Fsp3) is 0.488. The molecule has 2 N–H and O–H groups in total. The number of fused-ring (bicyclic) bond motifs is 1. The fourth-order valence-corrected chi connectivity index (χ4v) is 10.2. The molecule has 3 aromatic heterocycles. The Bertz CT molecular complexity index is 2430. The van der Waals surface area contributed by atoms with Gasteiger partial charge in [-0.2, -0.15) is 10.1 Å². The van der Waals surface area contributed by atoms with Crippen molar-refractivity contribution >= 4 is 74.3 Å². The molecule has 3 fully saturated rings. The summed E-state index contributed by atoms with van der Waals surface area (Å²) in [4.78, 5) is 40.4. The zero-order valence-corrected chi connectivity index (χ0v) is 38.5. The molecule has 0 radical (unpaired) electrons. The van der Waals surface area contributed by atoms with Gasteiger partial charge in [-0.25, -0.2) is 9.78 Å². The maximum atomic E-state index is 13.6. The second-order valence-electron chi connectivity index (χ2n) is 17.4. The Morgan fingerprint density at radius 2 is 1.64 bits per heavy atom. The fourth-order valence-electron chi connectivity index (χ4n) is 8.54. The lowest BCUT2D eigenvalue weighted by molar-refractivity contribution is -0.0247. The summed E-state index contributed by atoms with van der Waals surface area (Å²) in [5.74, 6) is 1.50. The van der Waals surface area contributed by atoms with Gasteiger partial charge in [0, 0.05) is 119 Å². The van der Waals surface area contributed by atoms with Crippen LogP contribution in [0, 0.1) is 0 Å². The Morgan fingerprint density at radius 1 is 0.918 bits per heavy atom. The van der Waals surface area contributed by atoms with Crippen LogP contribution in [0.25, 0.3) is 22.2 Å². The molecule has 0 spiro atoms. The third-order valence-electron chi connectivity index (χ3n) is 11.7. The van der Waals surface area contributed by atoms with Crippen LogP contribution in [0.2, 0.25) is 0 Å². The maximum Gasteiger partial charge on any atom is 0.410 e. The van der Waals surface area contributed by atoms with Gasteiger partial charge in [0.1, 0.15) is 29.8 Å². The number of benzene rings is 2. The first-order valence-corrected chi connectivity index (χ1v) is 24.4. The number of ether oxygens (including phenoxy) is 2. The molecular weight excluding hydrogens is 859 g/mol. The highest BCUT2D eigenvalue weighted by Crippen LogP contribution is 2.43. The number of piperidine rings is 1. The molecular formula is C43H56BrN12O4P. The number of halogens is 1. The number of hydrogen-bond acceptors (Lipinski definition) is 14. The standard InChI is InChI=1S/C43H56BrN12O4P/c1-8-56-25-28(23-48-56)31-21-35(50-41-47-24-32(44)40(51-41)49-34-10-9-33-38(46-14-13-45-33)39(34)61(6,7)58)37(59-5)22-36(31)54-19-17-53(18-20-54)29-11-15-52(16-12-29)30-26-55(27-30)42(57)60-43(2,3)4/h9-10,13-14,21-25,29-30H,8,11-12,15-20,26-27H2,1-7H3,(H2,47,49,50,51). The minimum Gasteiger partial charge on any atom is -0.494 e. The van der Waals surface area contributed by atoms with Crippen molar-refractivity contribution in [3.63, 3.8) is 0 Å². The van der Waals surface area contributed by atoms with Crippen LogP contribution in [0.15, 0.2) is 59.7 Å². The van der Waals surface area contributed by atoms with Crippen LogP contribution in [0.1, 0.15) is 40.5 Å². The van der Waals surface area contributed by atoms with Crippen molar-refractivity contribution < 1.29 is 18.8 Å². The summed E-state index contributed by atoms with van der Waals surface area (Å²) in [6.07, 6.45) is 11.0. The second-order valence-corrected chi connectivity index (χ2v) is 21.4. The molecule has 5 aromatic rings. The molecule has 1 amide bonds. The summed E-state index contributed by atoms with van der Waals surface area (Å²) in [6.45, 7) is 19.3. The highest BCUT2D eigenvalue weighted by molar-refractivity contribution is 9.10. The zero-order chi connectivity index (χ0) is 43.1. The number of nitrogens with one attached hydrogen (secondary N) is 2. The molecule has 2 aromatic carbocycles. The van der Waals surface area contributed by atoms with Crippen molar-refractivity contribution in [2.24, 2.45) is 0 Å². The quantitative estimate of drug-likeness (QED) is 0.130. The molecule has 0 unspecified atom stereocenters. The average molecular weight is 916 g/mol. The summed E-state index contributed by atoms with van der Waals surface area (Å²) in [6, 6.07) is 8.88. The molecule has 3 aliphatic heterocycles. The van der Waals surface area contributed by atoms with Gasteiger partial charge >= 0.3 is 6.09 Å². The van der Waals surface area contributed by atoms with Gasteiger partial charge in [0.25, 0.3) is 0 Å². The number of nitrogens with zero attached hydrogens (tertiary/aromatic N) is 10. The molecule has 8 rings (SSSR count). The minimum atomic E-state index is -2.79. The number of likely N-dealkylation sites (tertiary alicyclic amines) is 2. The van der Waals surface area contributed by atoms with Gasteiger partial charge < -0.3 is 34.5 Å². The lowest BCUT2D eigenvalue weighted by atomic mass is 9.98. The number of aryl methyl sites for hydroxylation is 1. The van der Waals surface area contributed by atoms with E-state index < -0.39 is 12.7 Å². The first-order chi connectivity index (χ1) is 29.2. The minimum absolute atomic E-state index is 0.209. The summed E-state index contributed by atoms with van der Waals surface area (Å²) in [7, 11) is -1.12. The Balaban J connectivity index is 0.972. The summed E-state index contributed by atoms with van der Waals surface area (Å²) in [5, 5.41) is 12.1. The van der Waals surface area contributed by atoms with Crippen LogP contribution in [-0.4, -0.2) is 141 Å². The number of carbonyl (C=O) groups is 1. The Hall–Kier alpha value is -4.83. The number of hydrogen-bond donors (Lipinski definition) is 2. The van der Waals surface area contributed by atoms with Gasteiger partial charge in [-0.1, -0.05) is 0 Å². The molecule has 6 heterocycles. The van der Waals surface area contributed by atoms with Crippen molar-refractivity contribution in [1.82, 2.24) is 44.4 Å². The molecule has 0 bridgehead atoms. The van der Waals surface area contributed by atoms with Gasteiger partial charge in [0.2, 0.25) is 5.95 Å². The Labute approximate surface area is 365 Å². The van der Waals surface area contributed by atoms with Crippen molar-refractivity contribution in [3.8, 4) is 16.9 Å². The third kappa shape index (κ3) is 9.49. The monoisotopic (exact) mass is 914 g/mol. The summed E-state index contributed by atoms with van der Waals surface area (Å²) < 4.78 is 27.8. The number of aromatic nitrogens is 6. The second kappa shape index (κ2) is 17.5. The number of rotatable bonds is 11. The largest absolute Gasteiger partial charge is 0.494 e. The van der Waals surface area contributed by atoms with Crippen LogP contribution in [0.3, 0.4) is 0 Å². The van der Waals surface area contributed by atoms with E-state index in [2.05, 4.69) is 86.6 Å². The lowest BCUT2D eigenvalue weighted by Crippen LogP contribution is -2.63. The predicted octanol–water partition coefficient (Wildman–Crippen LogP) is 7.02. The number of carbonyl (C=O) groups excluding carboxylic acids is 1. The van der Waals surface area contributed by atoms with Crippen molar-refractivity contribution in [3.05, 3.63) is 59.7 Å². The lowest BCUT2D eigenvalue weighted by Gasteiger charge is -2.49. The van der Waals surface area contributed by atoms with Crippen LogP contribution in [-0.2, 0) is 15.8 Å². The van der Waals surface area contributed by atoms with E-state index in [1.807, 2.05) is 48.7 Å². The first kappa shape index (κ1) is 42.8. The maximum absolute atomic E-state index is 13.6. The van der Waals surface area contributed by atoms with E-state index in [1.54, 1.807) is 39.0 Å². The van der Waals surface area contributed by atoms with Crippen LogP contribution >= 0.6 is 23.1 Å². The van der Waals surface area contributed by atoms with E-state index in [1.165, 1.54) is 0 Å². The SMILES string of the molecule is CCn1cc(-c2cc(Nc3ncc(Br)c(Nc4ccc5nccnc5c4P(C)(C)=O)n3)c(OC)cc2N2CCN(C3CCN(C4CN(C(=O)OC(C)(C)C)C4)CC3)CC2)cn1. The molecule has 3 aliphatic rings. The van der Waals surface area contributed by atoms with E-state index in [9.17, 15) is 9.36 Å². The number of piperazine rings is 1. The zero-order valence-electron chi connectivity index (χ0n) is 36.1. The van der Waals surface area contributed by atoms with E-state index in [0.29, 0.717) is 61.8 Å². The summed E-state index contributed by atoms with van der Waals surface area (Å²) in [5.41, 5.74) is 5.26. The molecule has 324 valence electrons. The van der Waals surface area contributed by atoms with Crippen molar-refractivity contribution in [1.29, 1.82) is 0 Å². The van der Waals surface area contributed by atoms with E-state index >= 15 is 0 Å². The molecule has 18 heteroatoms. The van der Waals surface area contributed by atoms with Gasteiger partial charge in [-0.15, -0.1) is 0 Å². The highest BCUT2D eigenvalue weighted by atomic mass is 79.9. The van der Waals surface area contributed by atoms with Crippen molar-refractivity contribution in [2.75, 3.05) is 88.3 Å². The first-order valence-electron chi connectivity index (χ1n) is 21.0. The van der Waals surface area contributed by atoms with Crippen LogP contribution < -0.4 is 25.6 Å². The van der Waals surface area contributed by atoms with Gasteiger partial charge in [0.15, 0.2) is 0 Å². The molecule has 0 aliphatic carbocycles. The van der Waals surface area contributed by atoms with E-state index in [-0.39, 0.29) is 6.09 Å². The normalized spacial score (nSPS) is 17.4. The van der Waals surface area contributed by atoms with Gasteiger partial charge in [-0.05, 0) is 88.0 Å². The highest BCUT2D eigenvalue weighted by Gasteiger charge is 2.39. The van der Waals surface area contributed by atoms with E-state index in [0.717, 1.165) is 88.6 Å². The van der Waals surface area contributed by atoms with Crippen molar-refractivity contribution in [2.45, 2.75) is 64.8 Å². The number of amides is 1. The van der Waals surface area contributed by atoms with Crippen LogP contribution in [0.4, 0.5) is 33.6 Å². The predicted molar refractivity (Wildman–Crippen MR) is 245 cm³/mol. The number of methoxy groups -OCH3 is 1. The molecule has 3 saturated heterocycles. The smallest absolute Gasteiger partial charge is 0.410 e. The summed E-state index contributed by atoms with van der Waals surface area (Å²) >= 11 is 3.61. The van der Waals surface area contributed by atoms with Gasteiger partial charge in [0.05, 0.1) is 40.0 Å². The van der Waals surface area contributed by atoms with Gasteiger partial charge in [-0.3, -0.25) is 24.4 Å². The van der Waals surface area contributed by atoms with Crippen LogP contribution in [0.5, 0.6) is 5.75 Å². The van der Waals surface area contributed by atoms with E-state index in [4.69, 9.17) is 14.5 Å². The topological polar surface area (TPSA) is 159 Å². The Morgan fingerprint density at radius 3 is 2.31 bits per heavy atom. The average Bonchev–Trinajstić information content (AvgIpc) is 3.70.